The van der Waals surface area contributed by atoms with Gasteiger partial charge in [0.25, 0.3) is 0 Å². The van der Waals surface area contributed by atoms with Crippen LogP contribution in [0.3, 0.4) is 0 Å². The predicted molar refractivity (Wildman–Crippen MR) is 157 cm³/mol. The molecule has 0 spiro atoms. The average Bonchev–Trinajstić information content (AvgIpc) is 3.41. The van der Waals surface area contributed by atoms with Crippen molar-refractivity contribution in [1.82, 2.24) is 0 Å². The second-order valence-corrected chi connectivity index (χ2v) is 28.2. The van der Waals surface area contributed by atoms with E-state index in [1.165, 1.54) is 50.9 Å². The second kappa shape index (κ2) is 9.69. The molecule has 2 aliphatic carbocycles. The zero-order valence-electron chi connectivity index (χ0n) is 20.6. The van der Waals surface area contributed by atoms with Gasteiger partial charge in [-0.25, -0.2) is 0 Å². The van der Waals surface area contributed by atoms with Gasteiger partial charge in [0, 0.05) is 0 Å². The number of benzene rings is 4. The third-order valence-electron chi connectivity index (χ3n) is 8.48. The Hall–Kier alpha value is -1.61. The number of hydrogen-bond donors (Lipinski definition) is 0. The molecule has 0 atom stereocenters. The fraction of sp³-hybridized carbons (Fsp3) is 0.226. The Kier molecular flexibility index (Phi) is 7.32. The van der Waals surface area contributed by atoms with Gasteiger partial charge in [0.2, 0.25) is 0 Å². The van der Waals surface area contributed by atoms with Gasteiger partial charge >= 0.3 is 201 Å². The monoisotopic (exact) mass is 552 g/mol. The smallest absolute Gasteiger partial charge is 0.147 e. The minimum atomic E-state index is -3.31. The second-order valence-electron chi connectivity index (χ2n) is 10.7. The Morgan fingerprint density at radius 1 is 0.629 bits per heavy atom. The minimum Gasteiger partial charge on any atom is -0.147 e. The van der Waals surface area contributed by atoms with Gasteiger partial charge in [-0.15, -0.1) is 24.8 Å². The first-order chi connectivity index (χ1) is 16.0. The molecule has 0 aliphatic heterocycles. The van der Waals surface area contributed by atoms with Crippen molar-refractivity contribution in [2.75, 3.05) is 0 Å². The minimum absolute atomic E-state index is 0. The van der Waals surface area contributed by atoms with Crippen LogP contribution >= 0.6 is 24.8 Å². The van der Waals surface area contributed by atoms with Gasteiger partial charge in [0.1, 0.15) is 0 Å². The zero-order valence-corrected chi connectivity index (χ0v) is 25.3. The molecular formula is C31H34Cl2SiTi. The van der Waals surface area contributed by atoms with Crippen LogP contribution in [0, 0.1) is 0 Å². The summed E-state index contributed by atoms with van der Waals surface area (Å²) in [6, 6.07) is 32.6. The fourth-order valence-electron chi connectivity index (χ4n) is 6.75. The molecule has 0 heterocycles. The Bertz CT molecular complexity index is 1390. The van der Waals surface area contributed by atoms with Crippen molar-refractivity contribution in [1.29, 1.82) is 0 Å². The van der Waals surface area contributed by atoms with Crippen LogP contribution in [0.4, 0.5) is 0 Å². The molecule has 4 heteroatoms. The van der Waals surface area contributed by atoms with Crippen LogP contribution in [0.25, 0.3) is 22.3 Å². The van der Waals surface area contributed by atoms with Gasteiger partial charge in [-0.3, -0.25) is 0 Å². The van der Waals surface area contributed by atoms with Gasteiger partial charge in [0.15, 0.2) is 0 Å². The molecule has 4 aromatic rings. The van der Waals surface area contributed by atoms with Crippen molar-refractivity contribution in [2.24, 2.45) is 0 Å². The summed E-state index contributed by atoms with van der Waals surface area (Å²) in [5.41, 5.74) is 12.1. The molecule has 0 fully saturated rings. The third kappa shape index (κ3) is 4.01. The van der Waals surface area contributed by atoms with E-state index in [9.17, 15) is 0 Å². The van der Waals surface area contributed by atoms with Gasteiger partial charge in [0.05, 0.1) is 0 Å². The summed E-state index contributed by atoms with van der Waals surface area (Å²) in [6.07, 6.45) is 4.75. The molecule has 0 amide bonds. The summed E-state index contributed by atoms with van der Waals surface area (Å²) < 4.78 is 4.79. The molecule has 2 aliphatic rings. The van der Waals surface area contributed by atoms with E-state index in [0.717, 1.165) is 12.8 Å². The van der Waals surface area contributed by atoms with E-state index in [-0.39, 0.29) is 24.8 Å². The van der Waals surface area contributed by atoms with Crippen molar-refractivity contribution < 1.29 is 14.0 Å². The zero-order chi connectivity index (χ0) is 22.7. The first-order valence-electron chi connectivity index (χ1n) is 12.5. The fourth-order valence-corrected chi connectivity index (χ4v) is 19.1. The summed E-state index contributed by atoms with van der Waals surface area (Å²) in [7, 11) is 2.43. The third-order valence-corrected chi connectivity index (χ3v) is 22.1. The molecule has 180 valence electrons. The predicted octanol–water partition coefficient (Wildman–Crippen LogP) is 7.13. The molecule has 0 aromatic heterocycles. The van der Waals surface area contributed by atoms with Crippen LogP contribution in [0.15, 0.2) is 84.9 Å². The Morgan fingerprint density at radius 3 is 1.51 bits per heavy atom. The summed E-state index contributed by atoms with van der Waals surface area (Å²) >= 11 is -3.31. The Balaban J connectivity index is 0.00000144. The van der Waals surface area contributed by atoms with Crippen LogP contribution in [-0.2, 0) is 26.9 Å². The molecule has 35 heavy (non-hydrogen) atoms. The summed E-state index contributed by atoms with van der Waals surface area (Å²) in [5.74, 6) is 0. The van der Waals surface area contributed by atoms with Crippen molar-refractivity contribution in [2.45, 2.75) is 42.6 Å². The van der Waals surface area contributed by atoms with Gasteiger partial charge in [-0.05, 0) is 0 Å². The first kappa shape index (κ1) is 26.5. The number of fused-ring (bicyclic) bond motifs is 6. The van der Waals surface area contributed by atoms with Gasteiger partial charge < -0.3 is 0 Å². The molecular weight excluding hydrogens is 519 g/mol. The van der Waals surface area contributed by atoms with Crippen LogP contribution in [0.2, 0.25) is 9.95 Å². The first-order valence-corrected chi connectivity index (χ1v) is 20.7. The molecule has 0 bridgehead atoms. The maximum atomic E-state index is 2.74. The van der Waals surface area contributed by atoms with E-state index in [0.29, 0.717) is 0 Å². The number of hydrogen-bond acceptors (Lipinski definition) is 0. The van der Waals surface area contributed by atoms with E-state index in [4.69, 9.17) is 0 Å². The number of rotatable bonds is 5. The maximum absolute atomic E-state index is 3.31. The SMILES string of the molecule is CCC[CH2][Ti]([CH3])(=[SiH2])([c]1cccc2c1Cc1ccccc1-2)[c]1cccc2c1Cc1ccccc1-2.Cl.Cl. The molecule has 0 unspecified atom stereocenters. The van der Waals surface area contributed by atoms with Crippen molar-refractivity contribution in [3.8, 4) is 22.3 Å². The van der Waals surface area contributed by atoms with Crippen LogP contribution in [-0.4, -0.2) is 7.63 Å². The average molecular weight is 553 g/mol. The van der Waals surface area contributed by atoms with E-state index >= 15 is 0 Å². The van der Waals surface area contributed by atoms with Crippen molar-refractivity contribution in [3.05, 3.63) is 107 Å². The van der Waals surface area contributed by atoms with Crippen molar-refractivity contribution in [3.63, 3.8) is 0 Å². The normalized spacial score (nSPS) is 13.1. The Morgan fingerprint density at radius 2 is 1.06 bits per heavy atom. The van der Waals surface area contributed by atoms with Crippen LogP contribution in [0.5, 0.6) is 0 Å². The topological polar surface area (TPSA) is 0 Å². The van der Waals surface area contributed by atoms with E-state index in [1.807, 2.05) is 0 Å². The number of unbranched alkanes of at least 4 members (excludes halogenated alkanes) is 1. The van der Waals surface area contributed by atoms with E-state index in [1.54, 1.807) is 18.9 Å². The molecule has 0 saturated heterocycles. The largest absolute Gasteiger partial charge is 0.147 e. The molecule has 0 nitrogen and oxygen atoms in total. The van der Waals surface area contributed by atoms with E-state index in [2.05, 4.69) is 105 Å². The quantitative estimate of drug-likeness (QED) is 0.199. The molecule has 4 aromatic carbocycles. The summed E-state index contributed by atoms with van der Waals surface area (Å²) in [6.45, 7) is 2.35. The van der Waals surface area contributed by atoms with Gasteiger partial charge in [-0.1, -0.05) is 0 Å². The summed E-state index contributed by atoms with van der Waals surface area (Å²) in [4.78, 5) is 0. The summed E-state index contributed by atoms with van der Waals surface area (Å²) in [5, 5.41) is 2.74. The number of halogens is 2. The Labute approximate surface area is 224 Å². The standard InChI is InChI=1S/2C13H9.C4H9.CH3.2ClH.H2Si.Ti/c2*1-3-7-12-10(5-1)9-11-6-2-4-8-13(11)12;1-3-4-2;;;;;/h2*1-5,7-8H,9H2;1,3-4H2,2H3;1H3;2*1H;1H2;. The molecule has 0 radical (unpaired) electrons. The van der Waals surface area contributed by atoms with Crippen LogP contribution < -0.4 is 7.74 Å². The van der Waals surface area contributed by atoms with Crippen molar-refractivity contribution >= 4 is 40.2 Å². The molecule has 6 rings (SSSR count). The van der Waals surface area contributed by atoms with E-state index < -0.39 is 14.0 Å². The maximum Gasteiger partial charge on any atom is -0.147 e. The van der Waals surface area contributed by atoms with Gasteiger partial charge in [-0.2, -0.15) is 0 Å². The molecule has 0 N–H and O–H groups in total. The molecule has 0 saturated carbocycles. The van der Waals surface area contributed by atoms with Crippen LogP contribution in [0.1, 0.15) is 42.0 Å².